The number of para-hydroxylation sites is 1. The lowest BCUT2D eigenvalue weighted by atomic mass is 9.88. The molecule has 0 bridgehead atoms. The minimum Gasteiger partial charge on any atom is -0.490 e. The molecule has 0 spiro atoms. The Morgan fingerprint density at radius 3 is 1.85 bits per heavy atom. The maximum atomic E-state index is 6.18. The number of hydrogen-bond acceptors (Lipinski definition) is 5. The number of nitrogens with one attached hydrogen (secondary N) is 4. The van der Waals surface area contributed by atoms with E-state index >= 15 is 0 Å². The largest absolute Gasteiger partial charge is 0.490 e. The minimum atomic E-state index is -0.339. The van der Waals surface area contributed by atoms with E-state index in [1.165, 1.54) is 5.56 Å². The summed E-state index contributed by atoms with van der Waals surface area (Å²) in [6, 6.07) is 20.7. The van der Waals surface area contributed by atoms with Gasteiger partial charge < -0.3 is 4.74 Å². The van der Waals surface area contributed by atoms with Crippen LogP contribution in [-0.4, -0.2) is 44.1 Å². The summed E-state index contributed by atoms with van der Waals surface area (Å²) in [6.07, 6.45) is 1.99. The van der Waals surface area contributed by atoms with Gasteiger partial charge in [-0.3, -0.25) is 21.3 Å². The Morgan fingerprint density at radius 1 is 0.692 bits per heavy atom. The topological polar surface area (TPSA) is 57.4 Å². The lowest BCUT2D eigenvalue weighted by Crippen LogP contribution is -2.77. The molecule has 0 aliphatic carbocycles. The van der Waals surface area contributed by atoms with Crippen LogP contribution in [0.1, 0.15) is 12.0 Å². The van der Waals surface area contributed by atoms with Gasteiger partial charge in [-0.2, -0.15) is 0 Å². The van der Waals surface area contributed by atoms with Gasteiger partial charge in [-0.25, -0.2) is 0 Å². The van der Waals surface area contributed by atoms with Gasteiger partial charge in [-0.15, -0.1) is 0 Å². The molecular formula is C21H28N4O. The molecule has 138 valence electrons. The highest BCUT2D eigenvalue weighted by molar-refractivity contribution is 5.23. The van der Waals surface area contributed by atoms with Crippen LogP contribution in [-0.2, 0) is 6.42 Å². The van der Waals surface area contributed by atoms with Crippen molar-refractivity contribution in [3.05, 3.63) is 66.2 Å². The Kier molecular flexibility index (Phi) is 5.22. The molecule has 0 saturated carbocycles. The summed E-state index contributed by atoms with van der Waals surface area (Å²) in [6.45, 7) is 4.37. The fourth-order valence-corrected chi connectivity index (χ4v) is 4.13. The molecule has 4 rings (SSSR count). The Morgan fingerprint density at radius 2 is 1.23 bits per heavy atom. The van der Waals surface area contributed by atoms with Crippen molar-refractivity contribution >= 4 is 0 Å². The van der Waals surface area contributed by atoms with Crippen molar-refractivity contribution < 1.29 is 4.74 Å². The first-order valence-electron chi connectivity index (χ1n) is 9.54. The van der Waals surface area contributed by atoms with Crippen LogP contribution in [0.4, 0.5) is 0 Å². The maximum absolute atomic E-state index is 6.18. The lowest BCUT2D eigenvalue weighted by Gasteiger charge is -2.46. The molecule has 4 N–H and O–H groups in total. The first-order chi connectivity index (χ1) is 12.8. The molecule has 2 aliphatic rings. The van der Waals surface area contributed by atoms with Crippen molar-refractivity contribution in [3.63, 3.8) is 0 Å². The summed E-state index contributed by atoms with van der Waals surface area (Å²) < 4.78 is 6.18. The van der Waals surface area contributed by atoms with Crippen molar-refractivity contribution in [2.45, 2.75) is 24.2 Å². The van der Waals surface area contributed by atoms with Crippen molar-refractivity contribution in [1.82, 2.24) is 21.3 Å². The van der Waals surface area contributed by atoms with E-state index in [9.17, 15) is 0 Å². The molecule has 0 aromatic heterocycles. The van der Waals surface area contributed by atoms with Crippen LogP contribution in [0.3, 0.4) is 0 Å². The second-order valence-electron chi connectivity index (χ2n) is 7.11. The molecule has 2 aromatic carbocycles. The van der Waals surface area contributed by atoms with E-state index in [1.54, 1.807) is 0 Å². The molecule has 2 aliphatic heterocycles. The molecule has 2 saturated heterocycles. The highest BCUT2D eigenvalue weighted by Crippen LogP contribution is 2.28. The highest BCUT2D eigenvalue weighted by atomic mass is 16.5. The van der Waals surface area contributed by atoms with Gasteiger partial charge in [-0.05, 0) is 30.5 Å². The summed E-state index contributed by atoms with van der Waals surface area (Å²) in [7, 11) is 0. The van der Waals surface area contributed by atoms with Gasteiger partial charge in [0.15, 0.2) is 0 Å². The average molecular weight is 352 g/mol. The number of aryl methyl sites for hydroxylation is 1. The molecule has 0 amide bonds. The third-order valence-corrected chi connectivity index (χ3v) is 5.52. The molecule has 0 atom stereocenters. The Bertz CT molecular complexity index is 618. The van der Waals surface area contributed by atoms with Crippen molar-refractivity contribution in [2.24, 2.45) is 0 Å². The Hall–Kier alpha value is -1.92. The molecule has 2 heterocycles. The molecule has 26 heavy (non-hydrogen) atoms. The quantitative estimate of drug-likeness (QED) is 0.608. The summed E-state index contributed by atoms with van der Waals surface area (Å²) in [5, 5.41) is 14.9. The van der Waals surface area contributed by atoms with E-state index < -0.39 is 0 Å². The second-order valence-corrected chi connectivity index (χ2v) is 7.11. The maximum Gasteiger partial charge on any atom is 0.136 e. The second kappa shape index (κ2) is 7.76. The summed E-state index contributed by atoms with van der Waals surface area (Å²) in [4.78, 5) is 0. The highest BCUT2D eigenvalue weighted by Gasteiger charge is 2.54. The molecule has 0 unspecified atom stereocenters. The van der Waals surface area contributed by atoms with Crippen molar-refractivity contribution in [2.75, 3.05) is 32.8 Å². The normalized spacial score (nSPS) is 20.9. The zero-order valence-corrected chi connectivity index (χ0v) is 15.1. The number of hydrogen-bond donors (Lipinski definition) is 4. The Balaban J connectivity index is 1.53. The van der Waals surface area contributed by atoms with Crippen LogP contribution in [0.5, 0.6) is 5.75 Å². The van der Waals surface area contributed by atoms with Crippen LogP contribution in [0.15, 0.2) is 60.7 Å². The lowest BCUT2D eigenvalue weighted by molar-refractivity contribution is 0.0570. The van der Waals surface area contributed by atoms with Gasteiger partial charge >= 0.3 is 0 Å². The standard InChI is InChI=1S/C21H28N4O/c1-3-7-18(8-4-1)11-12-20(22-13-14-23-20)21(24-15-16-25-21)17-26-19-9-5-2-6-10-19/h1-10,22-25H,11-17H2. The van der Waals surface area contributed by atoms with Gasteiger partial charge in [0.2, 0.25) is 0 Å². The van der Waals surface area contributed by atoms with E-state index in [4.69, 9.17) is 4.74 Å². The van der Waals surface area contributed by atoms with Crippen LogP contribution in [0.2, 0.25) is 0 Å². The van der Waals surface area contributed by atoms with E-state index in [2.05, 4.69) is 51.6 Å². The van der Waals surface area contributed by atoms with Gasteiger partial charge in [-0.1, -0.05) is 48.5 Å². The van der Waals surface area contributed by atoms with Crippen LogP contribution in [0.25, 0.3) is 0 Å². The molecule has 2 aromatic rings. The van der Waals surface area contributed by atoms with Crippen LogP contribution < -0.4 is 26.0 Å². The zero-order valence-electron chi connectivity index (χ0n) is 15.1. The van der Waals surface area contributed by atoms with Crippen molar-refractivity contribution in [1.29, 1.82) is 0 Å². The zero-order chi connectivity index (χ0) is 17.7. The number of benzene rings is 2. The molecule has 5 heteroatoms. The van der Waals surface area contributed by atoms with Crippen LogP contribution >= 0.6 is 0 Å². The molecule has 0 radical (unpaired) electrons. The van der Waals surface area contributed by atoms with E-state index in [0.29, 0.717) is 6.61 Å². The molecule has 2 fully saturated rings. The van der Waals surface area contributed by atoms with Crippen LogP contribution in [0, 0.1) is 0 Å². The Labute approximate surface area is 155 Å². The average Bonchev–Trinajstić information content (AvgIpc) is 3.38. The van der Waals surface area contributed by atoms with E-state index in [-0.39, 0.29) is 11.3 Å². The van der Waals surface area contributed by atoms with Crippen molar-refractivity contribution in [3.8, 4) is 5.75 Å². The van der Waals surface area contributed by atoms with Gasteiger partial charge in [0.25, 0.3) is 0 Å². The number of ether oxygens (including phenoxy) is 1. The number of rotatable bonds is 7. The third-order valence-electron chi connectivity index (χ3n) is 5.52. The summed E-state index contributed by atoms with van der Waals surface area (Å²) >= 11 is 0. The predicted molar refractivity (Wildman–Crippen MR) is 104 cm³/mol. The van der Waals surface area contributed by atoms with Gasteiger partial charge in [0.05, 0.1) is 0 Å². The summed E-state index contributed by atoms with van der Waals surface area (Å²) in [5.41, 5.74) is 0.780. The fourth-order valence-electron chi connectivity index (χ4n) is 4.13. The fraction of sp³-hybridized carbons (Fsp3) is 0.429. The summed E-state index contributed by atoms with van der Waals surface area (Å²) in [5.74, 6) is 0.901. The first-order valence-corrected chi connectivity index (χ1v) is 9.54. The van der Waals surface area contributed by atoms with Gasteiger partial charge in [0.1, 0.15) is 23.7 Å². The molecule has 5 nitrogen and oxygen atoms in total. The predicted octanol–water partition coefficient (Wildman–Crippen LogP) is 1.48. The smallest absolute Gasteiger partial charge is 0.136 e. The SMILES string of the molecule is c1ccc(CCC2(C3(COc4ccccc4)NCCN3)NCCN2)cc1. The monoisotopic (exact) mass is 352 g/mol. The third kappa shape index (κ3) is 3.48. The first kappa shape index (κ1) is 17.5. The van der Waals surface area contributed by atoms with Gasteiger partial charge in [0, 0.05) is 26.2 Å². The molecular weight excluding hydrogens is 324 g/mol. The minimum absolute atomic E-state index is 0.242. The van der Waals surface area contributed by atoms with E-state index in [0.717, 1.165) is 44.8 Å². The van der Waals surface area contributed by atoms with E-state index in [1.807, 2.05) is 30.3 Å².